The van der Waals surface area contributed by atoms with Crippen molar-refractivity contribution in [2.45, 2.75) is 11.6 Å². The summed E-state index contributed by atoms with van der Waals surface area (Å²) in [6.07, 6.45) is 3.30. The van der Waals surface area contributed by atoms with Crippen LogP contribution in [0.2, 0.25) is 0 Å². The van der Waals surface area contributed by atoms with Crippen molar-refractivity contribution >= 4 is 43.4 Å². The molecule has 4 aliphatic carbocycles. The fraction of sp³-hybridized carbons (Fsp3) is 0.625. The molecule has 0 aliphatic heterocycles. The van der Waals surface area contributed by atoms with Gasteiger partial charge in [0.1, 0.15) is 0 Å². The van der Waals surface area contributed by atoms with Gasteiger partial charge in [0.15, 0.2) is 0 Å². The minimum absolute atomic E-state index is 0.186. The standard InChI is InChI=1S/C16H18Br2O6/c1-21-15(22-2)7-5-8(17)12(14(15)20)11-9(18)6-10(19)16(23-3,24-4)13(7)11/h5-7,11-13H,1-4H3/t7-,11-,12+,13-/m1/s1. The van der Waals surface area contributed by atoms with Gasteiger partial charge in [0.05, 0.1) is 5.92 Å². The smallest absolute Gasteiger partial charge is 0.236 e. The van der Waals surface area contributed by atoms with Crippen molar-refractivity contribution in [1.29, 1.82) is 0 Å². The highest BCUT2D eigenvalue weighted by atomic mass is 79.9. The molecular weight excluding hydrogens is 448 g/mol. The summed E-state index contributed by atoms with van der Waals surface area (Å²) in [6, 6.07) is 0. The number of hydrogen-bond acceptors (Lipinski definition) is 6. The third kappa shape index (κ3) is 2.01. The molecule has 24 heavy (non-hydrogen) atoms. The van der Waals surface area contributed by atoms with E-state index in [0.29, 0.717) is 4.48 Å². The number of carbonyl (C=O) groups is 2. The molecule has 0 aromatic carbocycles. The molecule has 6 nitrogen and oxygen atoms in total. The Balaban J connectivity index is 2.28. The van der Waals surface area contributed by atoms with Crippen molar-refractivity contribution in [2.75, 3.05) is 28.4 Å². The topological polar surface area (TPSA) is 71.1 Å². The van der Waals surface area contributed by atoms with Crippen LogP contribution < -0.4 is 0 Å². The van der Waals surface area contributed by atoms with Crippen molar-refractivity contribution in [3.8, 4) is 0 Å². The van der Waals surface area contributed by atoms with Crippen LogP contribution in [0.25, 0.3) is 0 Å². The van der Waals surface area contributed by atoms with E-state index < -0.39 is 29.3 Å². The number of rotatable bonds is 4. The third-order valence-electron chi connectivity index (χ3n) is 5.42. The molecule has 0 aromatic rings. The Morgan fingerprint density at radius 1 is 0.917 bits per heavy atom. The second-order valence-electron chi connectivity index (χ2n) is 6.02. The van der Waals surface area contributed by atoms with Crippen LogP contribution in [-0.4, -0.2) is 51.6 Å². The molecule has 0 unspecified atom stereocenters. The molecule has 0 heterocycles. The Morgan fingerprint density at radius 2 is 1.46 bits per heavy atom. The molecular formula is C16H18Br2O6. The Morgan fingerprint density at radius 3 is 1.96 bits per heavy atom. The molecule has 0 spiro atoms. The molecule has 132 valence electrons. The maximum atomic E-state index is 13.1. The maximum Gasteiger partial charge on any atom is 0.236 e. The first-order valence-electron chi connectivity index (χ1n) is 7.38. The van der Waals surface area contributed by atoms with E-state index in [2.05, 4.69) is 31.9 Å². The number of fused-ring (bicyclic) bond motifs is 1. The molecule has 4 aliphatic rings. The van der Waals surface area contributed by atoms with Gasteiger partial charge in [-0.25, -0.2) is 0 Å². The van der Waals surface area contributed by atoms with E-state index >= 15 is 0 Å². The second kappa shape index (κ2) is 6.10. The lowest BCUT2D eigenvalue weighted by Gasteiger charge is -2.58. The summed E-state index contributed by atoms with van der Waals surface area (Å²) in [5.74, 6) is -5.38. The van der Waals surface area contributed by atoms with Gasteiger partial charge < -0.3 is 18.9 Å². The second-order valence-corrected chi connectivity index (χ2v) is 7.85. The van der Waals surface area contributed by atoms with Gasteiger partial charge in [-0.15, -0.1) is 0 Å². The van der Waals surface area contributed by atoms with E-state index in [-0.39, 0.29) is 17.5 Å². The number of carbonyl (C=O) groups excluding carboxylic acids is 2. The van der Waals surface area contributed by atoms with Crippen LogP contribution in [0, 0.1) is 23.7 Å². The Hall–Kier alpha value is -0.380. The van der Waals surface area contributed by atoms with Crippen molar-refractivity contribution < 1.29 is 28.5 Å². The summed E-state index contributed by atoms with van der Waals surface area (Å²) in [5, 5.41) is 0. The van der Waals surface area contributed by atoms with Crippen LogP contribution in [0.3, 0.4) is 0 Å². The van der Waals surface area contributed by atoms with Crippen molar-refractivity contribution in [1.82, 2.24) is 0 Å². The van der Waals surface area contributed by atoms with E-state index in [1.54, 1.807) is 0 Å². The van der Waals surface area contributed by atoms with Gasteiger partial charge in [-0.1, -0.05) is 37.9 Å². The summed E-state index contributed by atoms with van der Waals surface area (Å²) in [6.45, 7) is 0. The first kappa shape index (κ1) is 18.4. The van der Waals surface area contributed by atoms with Crippen LogP contribution in [-0.2, 0) is 28.5 Å². The molecule has 1 saturated carbocycles. The lowest BCUT2D eigenvalue weighted by molar-refractivity contribution is -0.295. The Bertz CT molecular complexity index is 647. The van der Waals surface area contributed by atoms with Crippen molar-refractivity contribution in [3.63, 3.8) is 0 Å². The number of ether oxygens (including phenoxy) is 4. The summed E-state index contributed by atoms with van der Waals surface area (Å²) in [7, 11) is 5.71. The third-order valence-corrected chi connectivity index (χ3v) is 6.93. The minimum atomic E-state index is -1.50. The number of hydrogen-bond donors (Lipinski definition) is 0. The summed E-state index contributed by atoms with van der Waals surface area (Å²) < 4.78 is 23.6. The SMILES string of the molecule is COC1(OC)C(=O)C=C(Br)[C@@H]2[C@H]3C(=O)C(OC)(OC)[C@H](C=C3Br)[C@H]21. The van der Waals surface area contributed by atoms with E-state index in [1.807, 2.05) is 6.08 Å². The fourth-order valence-electron chi connectivity index (χ4n) is 4.40. The van der Waals surface area contributed by atoms with Crippen LogP contribution in [0.15, 0.2) is 21.1 Å². The molecule has 1 fully saturated rings. The molecule has 2 bridgehead atoms. The molecule has 0 aromatic heterocycles. The highest BCUT2D eigenvalue weighted by Crippen LogP contribution is 2.61. The zero-order valence-electron chi connectivity index (χ0n) is 13.7. The van der Waals surface area contributed by atoms with Gasteiger partial charge in [-0.3, -0.25) is 9.59 Å². The lowest BCUT2D eigenvalue weighted by atomic mass is 9.54. The average molecular weight is 466 g/mol. The summed E-state index contributed by atoms with van der Waals surface area (Å²) >= 11 is 6.96. The average Bonchev–Trinajstić information content (AvgIpc) is 2.57. The van der Waals surface area contributed by atoms with E-state index in [9.17, 15) is 9.59 Å². The predicted octanol–water partition coefficient (Wildman–Crippen LogP) is 2.17. The number of allylic oxidation sites excluding steroid dienone is 2. The zero-order chi connectivity index (χ0) is 17.9. The number of ketones is 2. The molecule has 4 atom stereocenters. The van der Waals surface area contributed by atoms with Gasteiger partial charge in [-0.05, 0) is 6.08 Å². The van der Waals surface area contributed by atoms with Crippen LogP contribution in [0.1, 0.15) is 0 Å². The predicted molar refractivity (Wildman–Crippen MR) is 91.5 cm³/mol. The van der Waals surface area contributed by atoms with Crippen molar-refractivity contribution in [2.24, 2.45) is 23.7 Å². The summed E-state index contributed by atoms with van der Waals surface area (Å²) in [5.41, 5.74) is 0. The first-order valence-corrected chi connectivity index (χ1v) is 8.96. The van der Waals surface area contributed by atoms with E-state index in [4.69, 9.17) is 18.9 Å². The normalized spacial score (nSPS) is 36.2. The van der Waals surface area contributed by atoms with E-state index in [1.165, 1.54) is 34.5 Å². The van der Waals surface area contributed by atoms with E-state index in [0.717, 1.165) is 4.48 Å². The van der Waals surface area contributed by atoms with Crippen LogP contribution in [0.5, 0.6) is 0 Å². The molecule has 0 saturated heterocycles. The Labute approximate surface area is 156 Å². The maximum absolute atomic E-state index is 13.1. The Kier molecular flexibility index (Phi) is 4.68. The lowest BCUT2D eigenvalue weighted by Crippen LogP contribution is -2.70. The zero-order valence-corrected chi connectivity index (χ0v) is 16.8. The number of methoxy groups -OCH3 is 4. The van der Waals surface area contributed by atoms with Gasteiger partial charge in [0.25, 0.3) is 0 Å². The van der Waals surface area contributed by atoms with Gasteiger partial charge in [0, 0.05) is 55.2 Å². The molecule has 8 heteroatoms. The number of Topliss-reactive ketones (excluding diaryl/α,β-unsaturated/α-hetero) is 1. The molecule has 0 N–H and O–H groups in total. The first-order chi connectivity index (χ1) is 11.3. The highest BCUT2D eigenvalue weighted by molar-refractivity contribution is 9.12. The van der Waals surface area contributed by atoms with Crippen LogP contribution >= 0.6 is 31.9 Å². The quantitative estimate of drug-likeness (QED) is 0.592. The van der Waals surface area contributed by atoms with Gasteiger partial charge >= 0.3 is 0 Å². The monoisotopic (exact) mass is 464 g/mol. The van der Waals surface area contributed by atoms with Gasteiger partial charge in [-0.2, -0.15) is 0 Å². The number of halogens is 2. The highest BCUT2D eigenvalue weighted by Gasteiger charge is 2.71. The minimum Gasteiger partial charge on any atom is -0.347 e. The molecule has 0 radical (unpaired) electrons. The largest absolute Gasteiger partial charge is 0.347 e. The van der Waals surface area contributed by atoms with Gasteiger partial charge in [0.2, 0.25) is 23.1 Å². The van der Waals surface area contributed by atoms with Crippen molar-refractivity contribution in [3.05, 3.63) is 21.1 Å². The molecule has 0 amide bonds. The van der Waals surface area contributed by atoms with Crippen LogP contribution in [0.4, 0.5) is 0 Å². The fourth-order valence-corrected chi connectivity index (χ4v) is 5.93. The molecule has 4 rings (SSSR count). The summed E-state index contributed by atoms with van der Waals surface area (Å²) in [4.78, 5) is 25.8.